The molecule has 0 bridgehead atoms. The number of benzene rings is 1. The molecule has 0 spiro atoms. The number of hydrogen-bond acceptors (Lipinski definition) is 7. The van der Waals surface area contributed by atoms with Crippen LogP contribution in [-0.2, 0) is 5.41 Å². The molecule has 0 saturated heterocycles. The van der Waals surface area contributed by atoms with Gasteiger partial charge in [0.05, 0.1) is 5.25 Å². The Kier molecular flexibility index (Phi) is 4.21. The van der Waals surface area contributed by atoms with E-state index < -0.39 is 0 Å². The van der Waals surface area contributed by atoms with E-state index in [2.05, 4.69) is 20.3 Å². The van der Waals surface area contributed by atoms with E-state index in [0.717, 1.165) is 5.56 Å². The summed E-state index contributed by atoms with van der Waals surface area (Å²) in [6.45, 7) is 8.10. The molecule has 0 aliphatic heterocycles. The van der Waals surface area contributed by atoms with Crippen LogP contribution in [0.4, 0.5) is 0 Å². The average molecular weight is 330 g/mol. The highest BCUT2D eigenvalue weighted by Crippen LogP contribution is 2.35. The lowest BCUT2D eigenvalue weighted by atomic mass is 9.96. The molecule has 7 heteroatoms. The average Bonchev–Trinajstić information content (AvgIpc) is 3.17. The van der Waals surface area contributed by atoms with Crippen LogP contribution >= 0.6 is 11.8 Å². The first-order chi connectivity index (χ1) is 10.9. The zero-order chi connectivity index (χ0) is 16.4. The summed E-state index contributed by atoms with van der Waals surface area (Å²) < 4.78 is 11.0. The van der Waals surface area contributed by atoms with Crippen LogP contribution in [0.15, 0.2) is 44.5 Å². The molecule has 3 rings (SSSR count). The molecule has 3 aromatic rings. The summed E-state index contributed by atoms with van der Waals surface area (Å²) in [5.74, 6) is 1.75. The largest absolute Gasteiger partial charge is 0.411 e. The van der Waals surface area contributed by atoms with Crippen LogP contribution < -0.4 is 0 Å². The normalized spacial score (nSPS) is 13.2. The van der Waals surface area contributed by atoms with Gasteiger partial charge >= 0.3 is 0 Å². The summed E-state index contributed by atoms with van der Waals surface area (Å²) in [6, 6.07) is 9.67. The van der Waals surface area contributed by atoms with Gasteiger partial charge in [0.25, 0.3) is 5.22 Å². The van der Waals surface area contributed by atoms with E-state index >= 15 is 0 Å². The fraction of sp³-hybridized carbons (Fsp3) is 0.375. The summed E-state index contributed by atoms with van der Waals surface area (Å²) in [5, 5.41) is 12.6. The molecule has 2 heterocycles. The van der Waals surface area contributed by atoms with Gasteiger partial charge in [-0.25, -0.2) is 0 Å². The maximum Gasteiger partial charge on any atom is 0.277 e. The quantitative estimate of drug-likeness (QED) is 0.661. The van der Waals surface area contributed by atoms with E-state index in [1.165, 1.54) is 11.8 Å². The monoisotopic (exact) mass is 330 g/mol. The third kappa shape index (κ3) is 3.61. The Morgan fingerprint density at radius 1 is 1.09 bits per heavy atom. The maximum atomic E-state index is 5.69. The van der Waals surface area contributed by atoms with Crippen molar-refractivity contribution in [1.29, 1.82) is 0 Å². The summed E-state index contributed by atoms with van der Waals surface area (Å²) in [6.07, 6.45) is 0. The Morgan fingerprint density at radius 2 is 1.83 bits per heavy atom. The fourth-order valence-corrected chi connectivity index (χ4v) is 2.58. The Morgan fingerprint density at radius 3 is 2.48 bits per heavy atom. The highest BCUT2D eigenvalue weighted by Gasteiger charge is 2.24. The predicted octanol–water partition coefficient (Wildman–Crippen LogP) is 4.27. The predicted molar refractivity (Wildman–Crippen MR) is 87.0 cm³/mol. The molecular weight excluding hydrogens is 312 g/mol. The van der Waals surface area contributed by atoms with Crippen LogP contribution in [0.1, 0.15) is 44.7 Å². The number of hydrogen-bond donors (Lipinski definition) is 0. The molecule has 0 fully saturated rings. The summed E-state index contributed by atoms with van der Waals surface area (Å²) in [7, 11) is 0. The minimum absolute atomic E-state index is 0.0670. The second-order valence-corrected chi connectivity index (χ2v) is 7.50. The van der Waals surface area contributed by atoms with Crippen molar-refractivity contribution in [2.45, 2.75) is 43.6 Å². The SMILES string of the molecule is CC(Sc1nnc(-c2ccccc2)o1)c1nc(C(C)(C)C)no1. The van der Waals surface area contributed by atoms with E-state index in [1.54, 1.807) is 0 Å². The Bertz CT molecular complexity index is 777. The van der Waals surface area contributed by atoms with Gasteiger partial charge in [-0.1, -0.05) is 55.9 Å². The molecule has 120 valence electrons. The summed E-state index contributed by atoms with van der Waals surface area (Å²) in [5.41, 5.74) is 0.754. The summed E-state index contributed by atoms with van der Waals surface area (Å²) >= 11 is 1.40. The van der Waals surface area contributed by atoms with Crippen molar-refractivity contribution in [3.8, 4) is 11.5 Å². The Balaban J connectivity index is 1.72. The van der Waals surface area contributed by atoms with Crippen molar-refractivity contribution in [2.24, 2.45) is 0 Å². The molecule has 0 radical (unpaired) electrons. The van der Waals surface area contributed by atoms with Crippen LogP contribution in [0.5, 0.6) is 0 Å². The highest BCUT2D eigenvalue weighted by molar-refractivity contribution is 7.99. The minimum Gasteiger partial charge on any atom is -0.411 e. The molecule has 1 aromatic carbocycles. The molecule has 0 amide bonds. The summed E-state index contributed by atoms with van der Waals surface area (Å²) in [4.78, 5) is 4.45. The van der Waals surface area contributed by atoms with Crippen LogP contribution in [0.25, 0.3) is 11.5 Å². The van der Waals surface area contributed by atoms with E-state index in [-0.39, 0.29) is 10.7 Å². The molecule has 0 saturated carbocycles. The van der Waals surface area contributed by atoms with Gasteiger partial charge in [0.15, 0.2) is 5.82 Å². The van der Waals surface area contributed by atoms with Crippen molar-refractivity contribution in [2.75, 3.05) is 0 Å². The van der Waals surface area contributed by atoms with Crippen LogP contribution in [0.3, 0.4) is 0 Å². The van der Waals surface area contributed by atoms with Crippen LogP contribution in [0, 0.1) is 0 Å². The topological polar surface area (TPSA) is 77.8 Å². The van der Waals surface area contributed by atoms with Crippen molar-refractivity contribution >= 4 is 11.8 Å². The Labute approximate surface area is 138 Å². The third-order valence-electron chi connectivity index (χ3n) is 3.17. The zero-order valence-corrected chi connectivity index (χ0v) is 14.3. The lowest BCUT2D eigenvalue weighted by Gasteiger charge is -2.11. The van der Waals surface area contributed by atoms with Gasteiger partial charge in [0, 0.05) is 11.0 Å². The van der Waals surface area contributed by atoms with Gasteiger partial charge in [0.2, 0.25) is 11.8 Å². The van der Waals surface area contributed by atoms with Crippen molar-refractivity contribution in [3.05, 3.63) is 42.0 Å². The fourth-order valence-electron chi connectivity index (χ4n) is 1.86. The second kappa shape index (κ2) is 6.16. The molecule has 23 heavy (non-hydrogen) atoms. The van der Waals surface area contributed by atoms with Gasteiger partial charge in [-0.3, -0.25) is 0 Å². The molecule has 6 nitrogen and oxygen atoms in total. The number of thioether (sulfide) groups is 1. The van der Waals surface area contributed by atoms with E-state index in [9.17, 15) is 0 Å². The first-order valence-electron chi connectivity index (χ1n) is 7.33. The molecule has 0 aliphatic rings. The van der Waals surface area contributed by atoms with Gasteiger partial charge in [-0.05, 0) is 19.1 Å². The van der Waals surface area contributed by atoms with Gasteiger partial charge < -0.3 is 8.94 Å². The molecule has 1 atom stereocenters. The third-order valence-corrected chi connectivity index (χ3v) is 4.09. The van der Waals surface area contributed by atoms with Crippen LogP contribution in [0.2, 0.25) is 0 Å². The minimum atomic E-state index is -0.142. The van der Waals surface area contributed by atoms with Gasteiger partial charge in [-0.15, -0.1) is 10.2 Å². The lowest BCUT2D eigenvalue weighted by Crippen LogP contribution is -2.13. The van der Waals surface area contributed by atoms with Crippen molar-refractivity contribution in [3.63, 3.8) is 0 Å². The smallest absolute Gasteiger partial charge is 0.277 e. The number of nitrogens with zero attached hydrogens (tertiary/aromatic N) is 4. The standard InChI is InChI=1S/C16H18N4O2S/c1-10(12-17-14(20-22-12)16(2,3)4)23-15-19-18-13(21-15)11-8-6-5-7-9-11/h5-10H,1-4H3. The lowest BCUT2D eigenvalue weighted by molar-refractivity contribution is 0.363. The number of aromatic nitrogens is 4. The first kappa shape index (κ1) is 15.7. The number of rotatable bonds is 4. The molecule has 0 N–H and O–H groups in total. The van der Waals surface area contributed by atoms with Crippen molar-refractivity contribution < 1.29 is 8.94 Å². The van der Waals surface area contributed by atoms with E-state index in [1.807, 2.05) is 58.0 Å². The second-order valence-electron chi connectivity index (χ2n) is 6.21. The van der Waals surface area contributed by atoms with Gasteiger partial charge in [0.1, 0.15) is 0 Å². The molecule has 0 aliphatic carbocycles. The Hall–Kier alpha value is -2.15. The van der Waals surface area contributed by atoms with Crippen molar-refractivity contribution in [1.82, 2.24) is 20.3 Å². The van der Waals surface area contributed by atoms with Gasteiger partial charge in [-0.2, -0.15) is 4.98 Å². The highest BCUT2D eigenvalue weighted by atomic mass is 32.2. The molecular formula is C16H18N4O2S. The maximum absolute atomic E-state index is 5.69. The first-order valence-corrected chi connectivity index (χ1v) is 8.21. The zero-order valence-electron chi connectivity index (χ0n) is 13.5. The van der Waals surface area contributed by atoms with Crippen LogP contribution in [-0.4, -0.2) is 20.3 Å². The van der Waals surface area contributed by atoms with E-state index in [0.29, 0.717) is 22.8 Å². The van der Waals surface area contributed by atoms with E-state index in [4.69, 9.17) is 8.94 Å². The molecule has 2 aromatic heterocycles. The molecule has 1 unspecified atom stereocenters.